The molecule has 2 amide bonds. The van der Waals surface area contributed by atoms with Crippen LogP contribution in [0.4, 0.5) is 0 Å². The number of benzene rings is 1. The fraction of sp³-hybridized carbons (Fsp3) is 0.605. The van der Waals surface area contributed by atoms with Crippen molar-refractivity contribution >= 4 is 11.8 Å². The number of rotatable bonds is 3. The van der Waals surface area contributed by atoms with Crippen LogP contribution in [0.2, 0.25) is 0 Å². The summed E-state index contributed by atoms with van der Waals surface area (Å²) in [6, 6.07) is 7.34. The van der Waals surface area contributed by atoms with Gasteiger partial charge in [-0.2, -0.15) is 0 Å². The Bertz CT molecular complexity index is 1320. The van der Waals surface area contributed by atoms with Crippen LogP contribution in [0.1, 0.15) is 86.7 Å². The van der Waals surface area contributed by atoms with Crippen LogP contribution < -0.4 is 14.2 Å². The molecule has 0 fully saturated rings. The fourth-order valence-corrected chi connectivity index (χ4v) is 5.94. The van der Waals surface area contributed by atoms with Gasteiger partial charge in [-0.05, 0) is 25.0 Å². The van der Waals surface area contributed by atoms with E-state index in [1.165, 1.54) is 0 Å². The maximum atomic E-state index is 13.6. The van der Waals surface area contributed by atoms with Gasteiger partial charge in [0.15, 0.2) is 0 Å². The van der Waals surface area contributed by atoms with E-state index in [9.17, 15) is 9.59 Å². The molecular formula is C38H53N3O8. The highest BCUT2D eigenvalue weighted by atomic mass is 16.5. The number of carbonyl (C=O) groups excluding carboxylic acids is 2. The molecule has 0 atom stereocenters. The number of methoxy groups -OCH3 is 3. The van der Waals surface area contributed by atoms with Crippen molar-refractivity contribution < 1.29 is 38.0 Å². The first-order chi connectivity index (χ1) is 24.0. The van der Waals surface area contributed by atoms with E-state index in [0.29, 0.717) is 118 Å². The van der Waals surface area contributed by atoms with Crippen LogP contribution in [0.3, 0.4) is 0 Å². The van der Waals surface area contributed by atoms with Gasteiger partial charge in [0.1, 0.15) is 22.8 Å². The van der Waals surface area contributed by atoms with Gasteiger partial charge < -0.3 is 38.2 Å². The molecule has 2 aromatic rings. The summed E-state index contributed by atoms with van der Waals surface area (Å²) in [5.41, 5.74) is 2.66. The number of nitrogens with zero attached hydrogens (tertiary/aromatic N) is 3. The van der Waals surface area contributed by atoms with E-state index in [2.05, 4.69) is 11.8 Å². The number of aromatic nitrogens is 1. The van der Waals surface area contributed by atoms with Gasteiger partial charge in [-0.15, -0.1) is 0 Å². The second kappa shape index (κ2) is 21.3. The largest absolute Gasteiger partial charge is 0.496 e. The van der Waals surface area contributed by atoms with Gasteiger partial charge in [-0.1, -0.05) is 50.4 Å². The zero-order valence-electron chi connectivity index (χ0n) is 29.6. The normalized spacial score (nSPS) is 18.5. The molecular weight excluding hydrogens is 626 g/mol. The van der Waals surface area contributed by atoms with Crippen LogP contribution in [-0.2, 0) is 36.9 Å². The van der Waals surface area contributed by atoms with Gasteiger partial charge in [0.05, 0.1) is 85.4 Å². The smallest absolute Gasteiger partial charge is 0.222 e. The maximum absolute atomic E-state index is 13.6. The summed E-state index contributed by atoms with van der Waals surface area (Å²) >= 11 is 0. The molecule has 0 radical (unpaired) electrons. The maximum Gasteiger partial charge on any atom is 0.222 e. The number of hydrogen-bond acceptors (Lipinski definition) is 9. The molecule has 0 aliphatic carbocycles. The Labute approximate surface area is 291 Å². The van der Waals surface area contributed by atoms with Crippen molar-refractivity contribution in [2.75, 3.05) is 74.1 Å². The van der Waals surface area contributed by atoms with Gasteiger partial charge >= 0.3 is 0 Å². The highest BCUT2D eigenvalue weighted by Crippen LogP contribution is 2.33. The van der Waals surface area contributed by atoms with Crippen molar-refractivity contribution in [3.8, 4) is 29.1 Å². The Kier molecular flexibility index (Phi) is 16.5. The molecule has 11 heteroatoms. The van der Waals surface area contributed by atoms with Gasteiger partial charge in [0.25, 0.3) is 0 Å². The van der Waals surface area contributed by atoms with E-state index in [1.54, 1.807) is 33.5 Å². The molecule has 0 saturated carbocycles. The van der Waals surface area contributed by atoms with Crippen molar-refractivity contribution in [2.45, 2.75) is 77.3 Å². The lowest BCUT2D eigenvalue weighted by molar-refractivity contribution is -0.133. The molecule has 49 heavy (non-hydrogen) atoms. The molecule has 1 aromatic carbocycles. The number of amides is 2. The van der Waals surface area contributed by atoms with Gasteiger partial charge in [-0.25, -0.2) is 0 Å². The molecule has 0 saturated heterocycles. The standard InChI is InChI=1S/C38H53N3O8/c1-44-33-26-35(45-2)34(36(27-33)46-3)15-14-30-24-31-28-40-16-18-47-20-22-49-23-21-48-19-17-41(29-32(25-30)39-31)38(43)13-11-9-7-5-4-6-8-10-12-37(40)42/h24-27H,4-13,16-23,28-29H2,1-3H3. The van der Waals surface area contributed by atoms with Gasteiger partial charge in [-0.3, -0.25) is 14.6 Å². The lowest BCUT2D eigenvalue weighted by atomic mass is 10.1. The van der Waals surface area contributed by atoms with Gasteiger partial charge in [0.2, 0.25) is 11.8 Å². The van der Waals surface area contributed by atoms with E-state index in [1.807, 2.05) is 21.9 Å². The molecule has 3 heterocycles. The summed E-state index contributed by atoms with van der Waals surface area (Å²) in [6.07, 6.45) is 9.23. The van der Waals surface area contributed by atoms with Crippen LogP contribution in [0, 0.1) is 11.8 Å². The third-order valence-electron chi connectivity index (χ3n) is 8.68. The molecule has 0 unspecified atom stereocenters. The van der Waals surface area contributed by atoms with E-state index in [4.69, 9.17) is 33.4 Å². The Morgan fingerprint density at radius 2 is 1.04 bits per heavy atom. The molecule has 2 aliphatic heterocycles. The van der Waals surface area contributed by atoms with E-state index in [-0.39, 0.29) is 11.8 Å². The summed E-state index contributed by atoms with van der Waals surface area (Å²) < 4.78 is 34.0. The first-order valence-corrected chi connectivity index (χ1v) is 17.6. The highest BCUT2D eigenvalue weighted by Gasteiger charge is 2.19. The number of fused-ring (bicyclic) bond motifs is 2. The van der Waals surface area contributed by atoms with Crippen LogP contribution in [-0.4, -0.2) is 101 Å². The van der Waals surface area contributed by atoms with E-state index >= 15 is 0 Å². The SMILES string of the molecule is COc1cc(OC)c(C#Cc2cc3nc(c2)CN2CCOCCOCCOCCN(C3)C(=O)CCCCCCCCCCC2=O)c(OC)c1. The third kappa shape index (κ3) is 12.8. The second-order valence-electron chi connectivity index (χ2n) is 12.3. The summed E-state index contributed by atoms with van der Waals surface area (Å²) in [5, 5.41) is 0. The predicted octanol–water partition coefficient (Wildman–Crippen LogP) is 5.14. The van der Waals surface area contributed by atoms with Crippen LogP contribution in [0.25, 0.3) is 0 Å². The molecule has 2 aliphatic rings. The molecule has 4 rings (SSSR count). The number of pyridine rings is 1. The number of hydrogen-bond donors (Lipinski definition) is 0. The summed E-state index contributed by atoms with van der Waals surface area (Å²) in [6.45, 7) is 3.97. The van der Waals surface area contributed by atoms with Crippen LogP contribution >= 0.6 is 0 Å². The minimum absolute atomic E-state index is 0.0775. The van der Waals surface area contributed by atoms with Crippen molar-refractivity contribution in [1.82, 2.24) is 14.8 Å². The fourth-order valence-electron chi connectivity index (χ4n) is 5.94. The monoisotopic (exact) mass is 679 g/mol. The number of carbonyl (C=O) groups is 2. The minimum Gasteiger partial charge on any atom is -0.496 e. The van der Waals surface area contributed by atoms with Crippen molar-refractivity contribution in [3.05, 3.63) is 46.8 Å². The second-order valence-corrected chi connectivity index (χ2v) is 12.3. The summed E-state index contributed by atoms with van der Waals surface area (Å²) in [5.74, 6) is 8.31. The van der Waals surface area contributed by atoms with E-state index < -0.39 is 0 Å². The van der Waals surface area contributed by atoms with Crippen molar-refractivity contribution in [2.24, 2.45) is 0 Å². The lowest BCUT2D eigenvalue weighted by Crippen LogP contribution is -2.35. The predicted molar refractivity (Wildman–Crippen MR) is 186 cm³/mol. The Morgan fingerprint density at radius 3 is 1.49 bits per heavy atom. The average Bonchev–Trinajstić information content (AvgIpc) is 3.11. The van der Waals surface area contributed by atoms with Crippen molar-refractivity contribution in [3.63, 3.8) is 0 Å². The molecule has 1 aromatic heterocycles. The highest BCUT2D eigenvalue weighted by molar-refractivity contribution is 5.76. The van der Waals surface area contributed by atoms with E-state index in [0.717, 1.165) is 51.4 Å². The lowest BCUT2D eigenvalue weighted by Gasteiger charge is -2.25. The molecule has 11 nitrogen and oxygen atoms in total. The first-order valence-electron chi connectivity index (χ1n) is 17.6. The summed E-state index contributed by atoms with van der Waals surface area (Å²) in [7, 11) is 4.74. The molecule has 268 valence electrons. The Hall–Kier alpha value is -3.85. The Balaban J connectivity index is 1.74. The Morgan fingerprint density at radius 1 is 0.592 bits per heavy atom. The molecule has 0 spiro atoms. The topological polar surface area (TPSA) is 109 Å². The number of ether oxygens (including phenoxy) is 6. The van der Waals surface area contributed by atoms with Gasteiger partial charge in [0, 0.05) is 43.6 Å². The van der Waals surface area contributed by atoms with Crippen LogP contribution in [0.5, 0.6) is 17.2 Å². The molecule has 4 bridgehead atoms. The first kappa shape index (κ1) is 38.0. The average molecular weight is 680 g/mol. The zero-order valence-corrected chi connectivity index (χ0v) is 29.6. The molecule has 0 N–H and O–H groups in total. The third-order valence-corrected chi connectivity index (χ3v) is 8.68. The minimum atomic E-state index is 0.0775. The zero-order chi connectivity index (χ0) is 34.7. The quantitative estimate of drug-likeness (QED) is 0.408. The van der Waals surface area contributed by atoms with Crippen molar-refractivity contribution in [1.29, 1.82) is 0 Å². The summed E-state index contributed by atoms with van der Waals surface area (Å²) in [4.78, 5) is 35.8. The van der Waals surface area contributed by atoms with Crippen LogP contribution in [0.15, 0.2) is 24.3 Å².